The number of nitrogens with one attached hydrogen (secondary N) is 1. The van der Waals surface area contributed by atoms with Crippen molar-refractivity contribution in [2.45, 2.75) is 12.6 Å². The number of nitrogens with zero attached hydrogens (tertiary/aromatic N) is 2. The molecule has 2 heterocycles. The van der Waals surface area contributed by atoms with Crippen molar-refractivity contribution in [3.05, 3.63) is 129 Å². The minimum Gasteiger partial charge on any atom is -0.497 e. The number of rotatable bonds is 5. The van der Waals surface area contributed by atoms with E-state index in [1.807, 2.05) is 54.6 Å². The highest BCUT2D eigenvalue weighted by molar-refractivity contribution is 9.10. The Labute approximate surface area is 243 Å². The largest absolute Gasteiger partial charge is 0.497 e. The predicted molar refractivity (Wildman–Crippen MR) is 157 cm³/mol. The maximum absolute atomic E-state index is 14.6. The quantitative estimate of drug-likeness (QED) is 0.217. The number of halogens is 3. The number of methoxy groups -OCH3 is 1. The first-order valence-electron chi connectivity index (χ1n) is 12.4. The molecule has 40 heavy (non-hydrogen) atoms. The van der Waals surface area contributed by atoms with Crippen LogP contribution in [0.1, 0.15) is 33.1 Å². The van der Waals surface area contributed by atoms with Crippen LogP contribution in [0.4, 0.5) is 14.9 Å². The number of benzene rings is 4. The second-order valence-corrected chi connectivity index (χ2v) is 10.8. The molecule has 0 saturated carbocycles. The average Bonchev–Trinajstić information content (AvgIpc) is 3.50. The number of anilines is 1. The van der Waals surface area contributed by atoms with Gasteiger partial charge in [-0.05, 0) is 60.2 Å². The van der Waals surface area contributed by atoms with E-state index in [2.05, 4.69) is 21.2 Å². The number of para-hydroxylation sites is 1. The number of ether oxygens (including phenoxy) is 1. The van der Waals surface area contributed by atoms with Gasteiger partial charge in [-0.15, -0.1) is 0 Å². The fraction of sp³-hybridized carbons (Fsp3) is 0.0968. The molecule has 2 amide bonds. The molecule has 0 radical (unpaired) electrons. The molecule has 1 aliphatic rings. The molecule has 1 N–H and O–H groups in total. The highest BCUT2D eigenvalue weighted by Gasteiger charge is 2.41. The number of aromatic nitrogens is 1. The van der Waals surface area contributed by atoms with Crippen molar-refractivity contribution in [2.75, 3.05) is 12.4 Å². The molecule has 4 aromatic carbocycles. The molecule has 6 nitrogen and oxygen atoms in total. The van der Waals surface area contributed by atoms with Gasteiger partial charge < -0.3 is 15.0 Å². The summed E-state index contributed by atoms with van der Waals surface area (Å²) in [6.07, 6.45) is 1.69. The van der Waals surface area contributed by atoms with Gasteiger partial charge in [0.05, 0.1) is 18.7 Å². The van der Waals surface area contributed by atoms with Gasteiger partial charge in [0.2, 0.25) is 0 Å². The monoisotopic (exact) mass is 617 g/mol. The second-order valence-electron chi connectivity index (χ2n) is 9.44. The van der Waals surface area contributed by atoms with Gasteiger partial charge in [0.15, 0.2) is 0 Å². The van der Waals surface area contributed by atoms with Gasteiger partial charge >= 0.3 is 6.03 Å². The molecule has 1 unspecified atom stereocenters. The van der Waals surface area contributed by atoms with E-state index in [9.17, 15) is 14.0 Å². The lowest BCUT2D eigenvalue weighted by atomic mass is 9.95. The molecule has 200 valence electrons. The van der Waals surface area contributed by atoms with Crippen LogP contribution in [0.25, 0.3) is 10.9 Å². The summed E-state index contributed by atoms with van der Waals surface area (Å²) in [4.78, 5) is 29.1. The second kappa shape index (κ2) is 10.4. The topological polar surface area (TPSA) is 63.6 Å². The first-order chi connectivity index (χ1) is 19.3. The van der Waals surface area contributed by atoms with Crippen molar-refractivity contribution in [3.8, 4) is 5.75 Å². The van der Waals surface area contributed by atoms with Gasteiger partial charge in [0.25, 0.3) is 5.91 Å². The number of hydrogen-bond donors (Lipinski definition) is 1. The zero-order chi connectivity index (χ0) is 28.0. The predicted octanol–water partition coefficient (Wildman–Crippen LogP) is 8.03. The van der Waals surface area contributed by atoms with E-state index < -0.39 is 17.9 Å². The van der Waals surface area contributed by atoms with Crippen molar-refractivity contribution >= 4 is 56.1 Å². The molecule has 0 spiro atoms. The molecule has 1 atom stereocenters. The van der Waals surface area contributed by atoms with Gasteiger partial charge in [-0.3, -0.25) is 9.36 Å². The van der Waals surface area contributed by atoms with E-state index in [4.69, 9.17) is 16.3 Å². The standard InChI is InChI=1S/C31H22BrClFN3O3/c1-40-22-9-6-18(7-10-22)17-37-29(23-16-21(34)8-11-25(23)33)28-24(30(37)38)14-20(32)15-26(28)35-31(39)36-13-12-19-4-2-3-5-27(19)36/h2-16,29H,17H2,1H3,(H,35,39). The van der Waals surface area contributed by atoms with E-state index in [1.54, 1.807) is 30.3 Å². The molecule has 9 heteroatoms. The van der Waals surface area contributed by atoms with Crippen LogP contribution in [-0.4, -0.2) is 28.5 Å². The smallest absolute Gasteiger partial charge is 0.330 e. The van der Waals surface area contributed by atoms with Crippen LogP contribution in [0, 0.1) is 5.82 Å². The van der Waals surface area contributed by atoms with Crippen molar-refractivity contribution in [3.63, 3.8) is 0 Å². The van der Waals surface area contributed by atoms with Gasteiger partial charge in [-0.25, -0.2) is 9.18 Å². The third-order valence-corrected chi connectivity index (χ3v) is 7.85. The van der Waals surface area contributed by atoms with Gasteiger partial charge in [0, 0.05) is 50.0 Å². The number of fused-ring (bicyclic) bond motifs is 2. The number of carbonyl (C=O) groups excluding carboxylic acids is 2. The Morgan fingerprint density at radius 1 is 1.05 bits per heavy atom. The molecule has 5 aromatic rings. The Kier molecular flexibility index (Phi) is 6.82. The first-order valence-corrected chi connectivity index (χ1v) is 13.6. The van der Waals surface area contributed by atoms with Crippen molar-refractivity contribution in [1.82, 2.24) is 9.47 Å². The van der Waals surface area contributed by atoms with Crippen molar-refractivity contribution in [2.24, 2.45) is 0 Å². The highest BCUT2D eigenvalue weighted by atomic mass is 79.9. The summed E-state index contributed by atoms with van der Waals surface area (Å²) >= 11 is 10.1. The summed E-state index contributed by atoms with van der Waals surface area (Å²) in [5, 5.41) is 4.22. The summed E-state index contributed by atoms with van der Waals surface area (Å²) in [5.41, 5.74) is 3.37. The average molecular weight is 619 g/mol. The van der Waals surface area contributed by atoms with Crippen LogP contribution in [0.2, 0.25) is 5.02 Å². The summed E-state index contributed by atoms with van der Waals surface area (Å²) in [7, 11) is 1.59. The third-order valence-electron chi connectivity index (χ3n) is 7.05. The van der Waals surface area contributed by atoms with E-state index in [1.165, 1.54) is 22.8 Å². The lowest BCUT2D eigenvalue weighted by molar-refractivity contribution is 0.0736. The Bertz CT molecular complexity index is 1790. The normalized spacial score (nSPS) is 14.4. The molecule has 0 fully saturated rings. The van der Waals surface area contributed by atoms with Gasteiger partial charge in [0.1, 0.15) is 11.6 Å². The van der Waals surface area contributed by atoms with Crippen molar-refractivity contribution in [1.29, 1.82) is 0 Å². The van der Waals surface area contributed by atoms with Crippen LogP contribution in [0.5, 0.6) is 5.75 Å². The van der Waals surface area contributed by atoms with E-state index >= 15 is 0 Å². The molecular weight excluding hydrogens is 597 g/mol. The van der Waals surface area contributed by atoms with E-state index in [0.29, 0.717) is 37.6 Å². The Hall–Kier alpha value is -4.14. The van der Waals surface area contributed by atoms with Gasteiger partial charge in [-0.1, -0.05) is 57.9 Å². The fourth-order valence-corrected chi connectivity index (χ4v) is 5.87. The minimum atomic E-state index is -0.752. The van der Waals surface area contributed by atoms with Crippen molar-refractivity contribution < 1.29 is 18.7 Å². The van der Waals surface area contributed by atoms with Gasteiger partial charge in [-0.2, -0.15) is 0 Å². The molecule has 1 aromatic heterocycles. The molecule has 6 rings (SSSR count). The molecule has 0 bridgehead atoms. The van der Waals surface area contributed by atoms with Crippen LogP contribution in [0.3, 0.4) is 0 Å². The molecule has 0 aliphatic carbocycles. The Morgan fingerprint density at radius 3 is 2.60 bits per heavy atom. The highest BCUT2D eigenvalue weighted by Crippen LogP contribution is 2.46. The first kappa shape index (κ1) is 26.1. The number of carbonyl (C=O) groups is 2. The van der Waals surface area contributed by atoms with E-state index in [-0.39, 0.29) is 12.5 Å². The summed E-state index contributed by atoms with van der Waals surface area (Å²) in [6, 6.07) is 23.2. The lowest BCUT2D eigenvalue weighted by Gasteiger charge is -2.28. The third kappa shape index (κ3) is 4.63. The molecule has 0 saturated heterocycles. The number of hydrogen-bond acceptors (Lipinski definition) is 3. The fourth-order valence-electron chi connectivity index (χ4n) is 5.19. The lowest BCUT2D eigenvalue weighted by Crippen LogP contribution is -2.29. The van der Waals surface area contributed by atoms with Crippen LogP contribution < -0.4 is 10.1 Å². The van der Waals surface area contributed by atoms with Crippen LogP contribution in [-0.2, 0) is 6.54 Å². The Balaban J connectivity index is 1.47. The molecule has 1 aliphatic heterocycles. The maximum Gasteiger partial charge on any atom is 0.330 e. The summed E-state index contributed by atoms with van der Waals surface area (Å²) in [5.74, 6) is -0.0541. The summed E-state index contributed by atoms with van der Waals surface area (Å²) < 4.78 is 22.0. The zero-order valence-electron chi connectivity index (χ0n) is 21.2. The van der Waals surface area contributed by atoms with Crippen LogP contribution >= 0.6 is 27.5 Å². The zero-order valence-corrected chi connectivity index (χ0v) is 23.5. The summed E-state index contributed by atoms with van der Waals surface area (Å²) in [6.45, 7) is 0.224. The SMILES string of the molecule is COc1ccc(CN2C(=O)c3cc(Br)cc(NC(=O)n4ccc5ccccc54)c3C2c2cc(F)ccc2Cl)cc1. The van der Waals surface area contributed by atoms with Crippen LogP contribution in [0.15, 0.2) is 95.6 Å². The Morgan fingerprint density at radius 2 is 1.82 bits per heavy atom. The van der Waals surface area contributed by atoms with E-state index in [0.717, 1.165) is 16.5 Å². The minimum absolute atomic E-state index is 0.224. The molecular formula is C31H22BrClFN3O3. The maximum atomic E-state index is 14.6. The number of amides is 2.